The standard InChI is InChI=1S/C15H17F3N2O3.ClH/c1-9(21)19-11-4-2-3-10(5-11)6-20-7-12(14(22)23)13(8-20)15(16,17)18;/h2-5,12-13H,6-8H2,1H3,(H,19,21)(H,22,23);1H/t12-,13-;/m1./s1. The van der Waals surface area contributed by atoms with Gasteiger partial charge in [-0.15, -0.1) is 12.4 Å². The highest BCUT2D eigenvalue weighted by molar-refractivity contribution is 5.88. The molecular weight excluding hydrogens is 349 g/mol. The quantitative estimate of drug-likeness (QED) is 0.859. The molecule has 9 heteroatoms. The van der Waals surface area contributed by atoms with Crippen LogP contribution in [0.5, 0.6) is 0 Å². The van der Waals surface area contributed by atoms with E-state index in [1.807, 2.05) is 0 Å². The number of alkyl halides is 3. The van der Waals surface area contributed by atoms with Gasteiger partial charge in [-0.25, -0.2) is 0 Å². The molecule has 2 atom stereocenters. The monoisotopic (exact) mass is 366 g/mol. The Morgan fingerprint density at radius 2 is 2.00 bits per heavy atom. The summed E-state index contributed by atoms with van der Waals surface area (Å²) in [6.45, 7) is 1.07. The molecule has 0 bridgehead atoms. The van der Waals surface area contributed by atoms with E-state index < -0.39 is 24.0 Å². The second-order valence-corrected chi connectivity index (χ2v) is 5.67. The number of hydrogen-bond donors (Lipinski definition) is 2. The normalized spacial score (nSPS) is 21.2. The Labute approximate surface area is 143 Å². The number of nitrogens with zero attached hydrogens (tertiary/aromatic N) is 1. The molecular formula is C15H18ClF3N2O3. The number of amides is 1. The predicted octanol–water partition coefficient (Wildman–Crippen LogP) is 2.76. The van der Waals surface area contributed by atoms with Gasteiger partial charge < -0.3 is 10.4 Å². The van der Waals surface area contributed by atoms with Crippen LogP contribution in [0.15, 0.2) is 24.3 Å². The molecule has 1 aromatic carbocycles. The summed E-state index contributed by atoms with van der Waals surface area (Å²) in [5.41, 5.74) is 1.26. The fourth-order valence-electron chi connectivity index (χ4n) is 2.81. The molecule has 1 aliphatic rings. The maximum Gasteiger partial charge on any atom is 0.393 e. The third kappa shape index (κ3) is 5.10. The van der Waals surface area contributed by atoms with E-state index in [0.29, 0.717) is 11.3 Å². The number of hydrogen-bond acceptors (Lipinski definition) is 3. The van der Waals surface area contributed by atoms with Gasteiger partial charge in [-0.1, -0.05) is 12.1 Å². The lowest BCUT2D eigenvalue weighted by Gasteiger charge is -2.18. The van der Waals surface area contributed by atoms with Gasteiger partial charge in [0.25, 0.3) is 0 Å². The Hall–Kier alpha value is -1.80. The Kier molecular flexibility index (Phi) is 6.62. The summed E-state index contributed by atoms with van der Waals surface area (Å²) >= 11 is 0. The zero-order valence-corrected chi connectivity index (χ0v) is 13.7. The van der Waals surface area contributed by atoms with Gasteiger partial charge in [0.1, 0.15) is 0 Å². The van der Waals surface area contributed by atoms with Crippen LogP contribution >= 0.6 is 12.4 Å². The van der Waals surface area contributed by atoms with Crippen LogP contribution in [0.1, 0.15) is 12.5 Å². The number of carboxylic acid groups (broad SMARTS) is 1. The first-order valence-electron chi connectivity index (χ1n) is 7.05. The zero-order valence-electron chi connectivity index (χ0n) is 12.8. The lowest BCUT2D eigenvalue weighted by atomic mass is 9.96. The highest BCUT2D eigenvalue weighted by atomic mass is 35.5. The minimum atomic E-state index is -4.53. The minimum absolute atomic E-state index is 0. The first kappa shape index (κ1) is 20.2. The molecule has 0 aromatic heterocycles. The second-order valence-electron chi connectivity index (χ2n) is 5.67. The molecule has 2 rings (SSSR count). The van der Waals surface area contributed by atoms with Crippen molar-refractivity contribution in [1.82, 2.24) is 4.90 Å². The van der Waals surface area contributed by atoms with E-state index in [0.717, 1.165) is 0 Å². The fourth-order valence-corrected chi connectivity index (χ4v) is 2.81. The van der Waals surface area contributed by atoms with Gasteiger partial charge in [-0.3, -0.25) is 14.5 Å². The fraction of sp³-hybridized carbons (Fsp3) is 0.467. The van der Waals surface area contributed by atoms with Gasteiger partial charge in [0.2, 0.25) is 5.91 Å². The summed E-state index contributed by atoms with van der Waals surface area (Å²) in [7, 11) is 0. The zero-order chi connectivity index (χ0) is 17.2. The molecule has 1 fully saturated rings. The molecule has 24 heavy (non-hydrogen) atoms. The van der Waals surface area contributed by atoms with E-state index in [2.05, 4.69) is 5.32 Å². The van der Waals surface area contributed by atoms with E-state index in [9.17, 15) is 22.8 Å². The van der Waals surface area contributed by atoms with Crippen molar-refractivity contribution >= 4 is 30.0 Å². The number of aliphatic carboxylic acids is 1. The maximum atomic E-state index is 13.0. The molecule has 1 aromatic rings. The second kappa shape index (κ2) is 7.85. The van der Waals surface area contributed by atoms with E-state index >= 15 is 0 Å². The average molecular weight is 367 g/mol. The highest BCUT2D eigenvalue weighted by Gasteiger charge is 2.52. The number of carboxylic acids is 1. The van der Waals surface area contributed by atoms with Crippen LogP contribution < -0.4 is 5.32 Å². The van der Waals surface area contributed by atoms with Crippen molar-refractivity contribution in [2.24, 2.45) is 11.8 Å². The molecule has 0 unspecified atom stereocenters. The van der Waals surface area contributed by atoms with Gasteiger partial charge in [0.15, 0.2) is 0 Å². The van der Waals surface area contributed by atoms with Crippen molar-refractivity contribution in [3.05, 3.63) is 29.8 Å². The molecule has 2 N–H and O–H groups in total. The predicted molar refractivity (Wildman–Crippen MR) is 83.9 cm³/mol. The molecule has 5 nitrogen and oxygen atoms in total. The van der Waals surface area contributed by atoms with Gasteiger partial charge in [0, 0.05) is 32.2 Å². The van der Waals surface area contributed by atoms with Crippen LogP contribution in [0, 0.1) is 11.8 Å². The average Bonchev–Trinajstić information content (AvgIpc) is 2.82. The number of anilines is 1. The number of likely N-dealkylation sites (tertiary alicyclic amines) is 1. The minimum Gasteiger partial charge on any atom is -0.481 e. The topological polar surface area (TPSA) is 69.6 Å². The molecule has 0 spiro atoms. The summed E-state index contributed by atoms with van der Waals surface area (Å²) in [4.78, 5) is 23.6. The molecule has 0 aliphatic carbocycles. The van der Waals surface area contributed by atoms with Crippen LogP contribution in [-0.4, -0.2) is 41.1 Å². The molecule has 1 heterocycles. The van der Waals surface area contributed by atoms with Gasteiger partial charge in [-0.05, 0) is 17.7 Å². The number of carbonyl (C=O) groups is 2. The Bertz CT molecular complexity index is 610. The van der Waals surface area contributed by atoms with E-state index in [4.69, 9.17) is 5.11 Å². The van der Waals surface area contributed by atoms with Crippen molar-refractivity contribution in [1.29, 1.82) is 0 Å². The molecule has 1 aliphatic heterocycles. The smallest absolute Gasteiger partial charge is 0.393 e. The Morgan fingerprint density at radius 1 is 1.33 bits per heavy atom. The number of nitrogens with one attached hydrogen (secondary N) is 1. The molecule has 134 valence electrons. The van der Waals surface area contributed by atoms with Crippen molar-refractivity contribution in [3.63, 3.8) is 0 Å². The van der Waals surface area contributed by atoms with Crippen LogP contribution in [0.2, 0.25) is 0 Å². The lowest BCUT2D eigenvalue weighted by Crippen LogP contribution is -2.33. The van der Waals surface area contributed by atoms with Crippen LogP contribution in [0.4, 0.5) is 18.9 Å². The van der Waals surface area contributed by atoms with Crippen molar-refractivity contribution in [2.45, 2.75) is 19.6 Å². The summed E-state index contributed by atoms with van der Waals surface area (Å²) in [6.07, 6.45) is -4.53. The maximum absolute atomic E-state index is 13.0. The van der Waals surface area contributed by atoms with Crippen molar-refractivity contribution in [2.75, 3.05) is 18.4 Å². The van der Waals surface area contributed by atoms with Crippen LogP contribution in [-0.2, 0) is 16.1 Å². The molecule has 0 radical (unpaired) electrons. The Balaban J connectivity index is 0.00000288. The third-order valence-electron chi connectivity index (χ3n) is 3.79. The van der Waals surface area contributed by atoms with E-state index in [-0.39, 0.29) is 37.9 Å². The Morgan fingerprint density at radius 3 is 2.50 bits per heavy atom. The van der Waals surface area contributed by atoms with Crippen LogP contribution in [0.25, 0.3) is 0 Å². The molecule has 1 amide bonds. The summed E-state index contributed by atoms with van der Waals surface area (Å²) in [5.74, 6) is -4.99. The van der Waals surface area contributed by atoms with Crippen molar-refractivity contribution in [3.8, 4) is 0 Å². The van der Waals surface area contributed by atoms with E-state index in [1.165, 1.54) is 11.8 Å². The molecule has 0 saturated carbocycles. The van der Waals surface area contributed by atoms with Crippen LogP contribution in [0.3, 0.4) is 0 Å². The van der Waals surface area contributed by atoms with E-state index in [1.54, 1.807) is 24.3 Å². The summed E-state index contributed by atoms with van der Waals surface area (Å²) < 4.78 is 38.9. The number of carbonyl (C=O) groups excluding carboxylic acids is 1. The summed E-state index contributed by atoms with van der Waals surface area (Å²) in [5, 5.41) is 11.6. The SMILES string of the molecule is CC(=O)Nc1cccc(CN2C[C@@H](C(F)(F)F)[C@H](C(=O)O)C2)c1.Cl. The van der Waals surface area contributed by atoms with Gasteiger partial charge in [-0.2, -0.15) is 13.2 Å². The van der Waals surface area contributed by atoms with Crippen molar-refractivity contribution < 1.29 is 27.9 Å². The lowest BCUT2D eigenvalue weighted by molar-refractivity contribution is -0.188. The van der Waals surface area contributed by atoms with Gasteiger partial charge in [0.05, 0.1) is 11.8 Å². The first-order valence-corrected chi connectivity index (χ1v) is 7.05. The number of halogens is 4. The summed E-state index contributed by atoms with van der Waals surface area (Å²) in [6, 6.07) is 6.75. The first-order chi connectivity index (χ1) is 10.7. The largest absolute Gasteiger partial charge is 0.481 e. The third-order valence-corrected chi connectivity index (χ3v) is 3.79. The molecule has 1 saturated heterocycles. The number of benzene rings is 1. The van der Waals surface area contributed by atoms with Gasteiger partial charge >= 0.3 is 12.1 Å². The number of rotatable bonds is 4. The highest BCUT2D eigenvalue weighted by Crippen LogP contribution is 2.38.